The quantitative estimate of drug-likeness (QED) is 0.848. The Morgan fingerprint density at radius 2 is 1.67 bits per heavy atom. The Morgan fingerprint density at radius 1 is 1.08 bits per heavy atom. The number of nitrogens with one attached hydrogen (secondary N) is 1. The maximum atomic E-state index is 12.4. The van der Waals surface area contributed by atoms with Crippen molar-refractivity contribution in [3.63, 3.8) is 0 Å². The molecule has 2 unspecified atom stereocenters. The summed E-state index contributed by atoms with van der Waals surface area (Å²) in [5.74, 6) is -0.345. The van der Waals surface area contributed by atoms with Crippen molar-refractivity contribution in [3.05, 3.63) is 83.1 Å². The molecule has 2 aromatic rings. The van der Waals surface area contributed by atoms with Crippen molar-refractivity contribution in [3.8, 4) is 0 Å². The molecule has 4 heteroatoms. The minimum atomic E-state index is -0.345. The van der Waals surface area contributed by atoms with E-state index in [0.717, 1.165) is 11.1 Å². The summed E-state index contributed by atoms with van der Waals surface area (Å²) in [6.45, 7) is 2.13. The maximum absolute atomic E-state index is 12.4. The molecule has 0 radical (unpaired) electrons. The molecule has 124 valence electrons. The highest BCUT2D eigenvalue weighted by molar-refractivity contribution is 5.91. The molecule has 2 aromatic carbocycles. The predicted molar refractivity (Wildman–Crippen MR) is 94.0 cm³/mol. The van der Waals surface area contributed by atoms with Gasteiger partial charge in [-0.1, -0.05) is 60.7 Å². The van der Waals surface area contributed by atoms with Crippen LogP contribution in [0.4, 0.5) is 0 Å². The van der Waals surface area contributed by atoms with Gasteiger partial charge in [0.15, 0.2) is 0 Å². The number of rotatable bonds is 4. The van der Waals surface area contributed by atoms with Gasteiger partial charge in [0.2, 0.25) is 0 Å². The van der Waals surface area contributed by atoms with Crippen molar-refractivity contribution in [1.29, 1.82) is 0 Å². The molecule has 0 amide bonds. The van der Waals surface area contributed by atoms with Gasteiger partial charge < -0.3 is 10.5 Å². The normalized spacial score (nSPS) is 20.7. The van der Waals surface area contributed by atoms with Crippen LogP contribution in [0.3, 0.4) is 0 Å². The van der Waals surface area contributed by atoms with Crippen molar-refractivity contribution in [1.82, 2.24) is 5.32 Å². The monoisotopic (exact) mass is 322 g/mol. The number of carbonyl (C=O) groups is 1. The smallest absolute Gasteiger partial charge is 0.337 e. The van der Waals surface area contributed by atoms with Gasteiger partial charge in [-0.05, 0) is 18.1 Å². The number of carbonyl (C=O) groups excluding carboxylic acids is 1. The SMILES string of the molecule is CCOC(=O)C1=C(N)CC(c2ccccc2)NC1c1ccccc1. The number of benzene rings is 2. The zero-order valence-corrected chi connectivity index (χ0v) is 13.7. The van der Waals surface area contributed by atoms with Crippen LogP contribution in [0, 0.1) is 0 Å². The molecule has 0 saturated carbocycles. The molecular formula is C20H22N2O2. The van der Waals surface area contributed by atoms with Crippen LogP contribution < -0.4 is 11.1 Å². The van der Waals surface area contributed by atoms with E-state index in [1.165, 1.54) is 0 Å². The summed E-state index contributed by atoms with van der Waals surface area (Å²) in [6, 6.07) is 19.8. The summed E-state index contributed by atoms with van der Waals surface area (Å²) in [5, 5.41) is 3.57. The van der Waals surface area contributed by atoms with Crippen molar-refractivity contribution in [2.24, 2.45) is 5.73 Å². The second kappa shape index (κ2) is 7.32. The first-order chi connectivity index (χ1) is 11.7. The van der Waals surface area contributed by atoms with Crippen molar-refractivity contribution in [2.75, 3.05) is 6.61 Å². The van der Waals surface area contributed by atoms with E-state index in [4.69, 9.17) is 10.5 Å². The number of hydrogen-bond donors (Lipinski definition) is 2. The van der Waals surface area contributed by atoms with Crippen LogP contribution in [0.2, 0.25) is 0 Å². The van der Waals surface area contributed by atoms with Gasteiger partial charge in [-0.25, -0.2) is 4.79 Å². The summed E-state index contributed by atoms with van der Waals surface area (Å²) in [6.07, 6.45) is 0.585. The molecule has 1 aliphatic rings. The summed E-state index contributed by atoms with van der Waals surface area (Å²) in [5.41, 5.74) is 9.58. The first kappa shape index (κ1) is 16.3. The highest BCUT2D eigenvalue weighted by atomic mass is 16.5. The fraction of sp³-hybridized carbons (Fsp3) is 0.250. The maximum Gasteiger partial charge on any atom is 0.337 e. The third-order valence-electron chi connectivity index (χ3n) is 4.26. The van der Waals surface area contributed by atoms with Crippen LogP contribution >= 0.6 is 0 Å². The Kier molecular flexibility index (Phi) is 4.96. The first-order valence-electron chi connectivity index (χ1n) is 8.22. The van der Waals surface area contributed by atoms with E-state index in [2.05, 4.69) is 17.4 Å². The number of hydrogen-bond acceptors (Lipinski definition) is 4. The second-order valence-corrected chi connectivity index (χ2v) is 5.84. The second-order valence-electron chi connectivity index (χ2n) is 5.84. The lowest BCUT2D eigenvalue weighted by Gasteiger charge is -2.33. The molecule has 1 heterocycles. The van der Waals surface area contributed by atoms with Crippen LogP contribution in [0.1, 0.15) is 36.6 Å². The van der Waals surface area contributed by atoms with E-state index in [9.17, 15) is 4.79 Å². The van der Waals surface area contributed by atoms with E-state index in [0.29, 0.717) is 24.3 Å². The van der Waals surface area contributed by atoms with Gasteiger partial charge in [0.05, 0.1) is 18.2 Å². The lowest BCUT2D eigenvalue weighted by molar-refractivity contribution is -0.139. The minimum absolute atomic E-state index is 0.0644. The minimum Gasteiger partial charge on any atom is -0.463 e. The predicted octanol–water partition coefficient (Wildman–Crippen LogP) is 3.24. The molecule has 0 saturated heterocycles. The zero-order chi connectivity index (χ0) is 16.9. The molecule has 0 aromatic heterocycles. The first-order valence-corrected chi connectivity index (χ1v) is 8.22. The largest absolute Gasteiger partial charge is 0.463 e. The Hall–Kier alpha value is -2.59. The van der Waals surface area contributed by atoms with Gasteiger partial charge in [-0.15, -0.1) is 0 Å². The van der Waals surface area contributed by atoms with Gasteiger partial charge in [0.1, 0.15) is 0 Å². The zero-order valence-electron chi connectivity index (χ0n) is 13.7. The standard InChI is InChI=1S/C20H22N2O2/c1-2-24-20(23)18-16(21)13-17(14-9-5-3-6-10-14)22-19(18)15-11-7-4-8-12-15/h3-12,17,19,22H,2,13,21H2,1H3. The van der Waals surface area contributed by atoms with Gasteiger partial charge in [-0.2, -0.15) is 0 Å². The fourth-order valence-corrected chi connectivity index (χ4v) is 3.12. The molecule has 3 rings (SSSR count). The molecule has 0 bridgehead atoms. The van der Waals surface area contributed by atoms with Gasteiger partial charge in [0.25, 0.3) is 0 Å². The van der Waals surface area contributed by atoms with Crippen LogP contribution in [0.15, 0.2) is 71.9 Å². The van der Waals surface area contributed by atoms with Crippen LogP contribution in [0.25, 0.3) is 0 Å². The van der Waals surface area contributed by atoms with Crippen LogP contribution in [0.5, 0.6) is 0 Å². The van der Waals surface area contributed by atoms with E-state index in [1.54, 1.807) is 6.92 Å². The molecule has 4 nitrogen and oxygen atoms in total. The molecule has 0 fully saturated rings. The van der Waals surface area contributed by atoms with Gasteiger partial charge in [0, 0.05) is 18.2 Å². The third kappa shape index (κ3) is 3.34. The van der Waals surface area contributed by atoms with E-state index in [1.807, 2.05) is 48.5 Å². The summed E-state index contributed by atoms with van der Waals surface area (Å²) < 4.78 is 5.23. The Bertz CT molecular complexity index is 726. The van der Waals surface area contributed by atoms with Crippen molar-refractivity contribution in [2.45, 2.75) is 25.4 Å². The highest BCUT2D eigenvalue weighted by Gasteiger charge is 2.33. The Morgan fingerprint density at radius 3 is 2.25 bits per heavy atom. The summed E-state index contributed by atoms with van der Waals surface area (Å²) in [4.78, 5) is 12.4. The molecule has 1 aliphatic heterocycles. The lowest BCUT2D eigenvalue weighted by atomic mass is 9.87. The average Bonchev–Trinajstić information content (AvgIpc) is 2.62. The molecule has 0 aliphatic carbocycles. The Labute approximate surface area is 142 Å². The van der Waals surface area contributed by atoms with Gasteiger partial charge >= 0.3 is 5.97 Å². The van der Waals surface area contributed by atoms with Crippen molar-refractivity contribution < 1.29 is 9.53 Å². The summed E-state index contributed by atoms with van der Waals surface area (Å²) in [7, 11) is 0. The molecule has 0 spiro atoms. The van der Waals surface area contributed by atoms with E-state index < -0.39 is 0 Å². The topological polar surface area (TPSA) is 64.3 Å². The molecule has 3 N–H and O–H groups in total. The number of nitrogens with two attached hydrogens (primary N) is 1. The summed E-state index contributed by atoms with van der Waals surface area (Å²) >= 11 is 0. The highest BCUT2D eigenvalue weighted by Crippen LogP contribution is 2.35. The third-order valence-corrected chi connectivity index (χ3v) is 4.26. The van der Waals surface area contributed by atoms with Crippen LogP contribution in [-0.2, 0) is 9.53 Å². The molecule has 2 atom stereocenters. The van der Waals surface area contributed by atoms with Crippen LogP contribution in [-0.4, -0.2) is 12.6 Å². The Balaban J connectivity index is 2.00. The number of esters is 1. The molecular weight excluding hydrogens is 300 g/mol. The fourth-order valence-electron chi connectivity index (χ4n) is 3.12. The van der Waals surface area contributed by atoms with Crippen molar-refractivity contribution >= 4 is 5.97 Å². The van der Waals surface area contributed by atoms with Gasteiger partial charge in [-0.3, -0.25) is 5.32 Å². The van der Waals surface area contributed by atoms with E-state index >= 15 is 0 Å². The lowest BCUT2D eigenvalue weighted by Crippen LogP contribution is -2.38. The van der Waals surface area contributed by atoms with E-state index in [-0.39, 0.29) is 18.1 Å². The average molecular weight is 322 g/mol. The number of ether oxygens (including phenoxy) is 1. The molecule has 24 heavy (non-hydrogen) atoms.